The average Bonchev–Trinajstić information content (AvgIpc) is 2.88. The number of benzene rings is 2. The van der Waals surface area contributed by atoms with E-state index in [4.69, 9.17) is 14.5 Å². The summed E-state index contributed by atoms with van der Waals surface area (Å²) >= 11 is 0. The molecule has 192 valence electrons. The van der Waals surface area contributed by atoms with Gasteiger partial charge in [0.25, 0.3) is 5.91 Å². The fourth-order valence-corrected chi connectivity index (χ4v) is 4.15. The summed E-state index contributed by atoms with van der Waals surface area (Å²) in [6.07, 6.45) is 3.00. The third kappa shape index (κ3) is 6.26. The number of anilines is 1. The Balaban J connectivity index is 1.66. The van der Waals surface area contributed by atoms with E-state index >= 15 is 0 Å². The van der Waals surface area contributed by atoms with Gasteiger partial charge < -0.3 is 19.7 Å². The predicted octanol–water partition coefficient (Wildman–Crippen LogP) is 5.05. The predicted molar refractivity (Wildman–Crippen MR) is 134 cm³/mol. The van der Waals surface area contributed by atoms with Crippen molar-refractivity contribution in [3.8, 4) is 5.75 Å². The van der Waals surface area contributed by atoms with Crippen molar-refractivity contribution in [3.63, 3.8) is 0 Å². The molecule has 4 rings (SSSR count). The van der Waals surface area contributed by atoms with Gasteiger partial charge in [-0.15, -0.1) is 0 Å². The van der Waals surface area contributed by atoms with Crippen LogP contribution >= 0.6 is 0 Å². The smallest absolute Gasteiger partial charge is 0.251 e. The monoisotopic (exact) mass is 498 g/mol. The molecule has 2 aromatic carbocycles. The van der Waals surface area contributed by atoms with Gasteiger partial charge in [0.05, 0.1) is 30.4 Å². The van der Waals surface area contributed by atoms with Crippen molar-refractivity contribution in [2.24, 2.45) is 5.92 Å². The number of carbonyl (C=O) groups is 1. The summed E-state index contributed by atoms with van der Waals surface area (Å²) in [7, 11) is 0. The van der Waals surface area contributed by atoms with E-state index in [0.717, 1.165) is 25.0 Å². The number of amides is 1. The molecule has 0 bridgehead atoms. The number of rotatable bonds is 9. The fraction of sp³-hybridized carbons (Fsp3) is 0.444. The number of carbonyl (C=O) groups excluding carboxylic acids is 1. The Morgan fingerprint density at radius 2 is 1.92 bits per heavy atom. The number of fused-ring (bicyclic) bond motifs is 1. The van der Waals surface area contributed by atoms with Gasteiger partial charge in [0.2, 0.25) is 0 Å². The molecule has 0 radical (unpaired) electrons. The van der Waals surface area contributed by atoms with Crippen LogP contribution in [0.15, 0.2) is 36.5 Å². The summed E-state index contributed by atoms with van der Waals surface area (Å²) in [6.45, 7) is 9.28. The summed E-state index contributed by atoms with van der Waals surface area (Å²) < 4.78 is 38.5. The van der Waals surface area contributed by atoms with E-state index in [9.17, 15) is 13.6 Å². The summed E-state index contributed by atoms with van der Waals surface area (Å²) in [5.74, 6) is -0.695. The molecule has 1 aromatic heterocycles. The first kappa shape index (κ1) is 25.8. The highest BCUT2D eigenvalue weighted by atomic mass is 19.2. The zero-order valence-electron chi connectivity index (χ0n) is 20.9. The second-order valence-electron chi connectivity index (χ2n) is 9.39. The van der Waals surface area contributed by atoms with Gasteiger partial charge in [-0.25, -0.2) is 13.8 Å². The van der Waals surface area contributed by atoms with Crippen LogP contribution in [0.25, 0.3) is 11.0 Å². The number of halogens is 2. The van der Waals surface area contributed by atoms with E-state index in [1.54, 1.807) is 25.3 Å². The molecule has 1 saturated heterocycles. The van der Waals surface area contributed by atoms with E-state index in [1.807, 2.05) is 0 Å². The van der Waals surface area contributed by atoms with Gasteiger partial charge in [0.1, 0.15) is 17.7 Å². The summed E-state index contributed by atoms with van der Waals surface area (Å²) in [5.41, 5.74) is 2.21. The molecule has 2 heterocycles. The van der Waals surface area contributed by atoms with Crippen molar-refractivity contribution < 1.29 is 23.0 Å². The lowest BCUT2D eigenvalue weighted by atomic mass is 10.0. The molecule has 1 atom stereocenters. The van der Waals surface area contributed by atoms with Crippen LogP contribution in [0, 0.1) is 17.6 Å². The Morgan fingerprint density at radius 1 is 1.14 bits per heavy atom. The molecule has 1 unspecified atom stereocenters. The zero-order valence-corrected chi connectivity index (χ0v) is 20.9. The molecule has 1 aliphatic heterocycles. The number of nitrogens with zero attached hydrogens (tertiary/aromatic N) is 3. The molecule has 1 fully saturated rings. The molecular weight excluding hydrogens is 466 g/mol. The third-order valence-corrected chi connectivity index (χ3v) is 6.15. The largest absolute Gasteiger partial charge is 0.486 e. The Bertz CT molecular complexity index is 1220. The minimum absolute atomic E-state index is 0.176. The number of hydrogen-bond acceptors (Lipinski definition) is 6. The quantitative estimate of drug-likeness (QED) is 0.416. The van der Waals surface area contributed by atoms with E-state index < -0.39 is 17.7 Å². The third-order valence-electron chi connectivity index (χ3n) is 6.15. The summed E-state index contributed by atoms with van der Waals surface area (Å²) in [4.78, 5) is 24.5. The van der Waals surface area contributed by atoms with Gasteiger partial charge in [-0.2, -0.15) is 0 Å². The topological polar surface area (TPSA) is 76.6 Å². The van der Waals surface area contributed by atoms with Crippen LogP contribution < -0.4 is 15.0 Å². The van der Waals surface area contributed by atoms with Gasteiger partial charge in [-0.3, -0.25) is 9.78 Å². The number of ether oxygens (including phenoxy) is 2. The number of aromatic nitrogens is 2. The van der Waals surface area contributed by atoms with Gasteiger partial charge >= 0.3 is 0 Å². The van der Waals surface area contributed by atoms with E-state index in [0.29, 0.717) is 66.7 Å². The second kappa shape index (κ2) is 11.6. The molecule has 0 spiro atoms. The van der Waals surface area contributed by atoms with E-state index in [-0.39, 0.29) is 11.7 Å². The molecule has 3 aromatic rings. The molecule has 9 heteroatoms. The normalized spacial score (nSPS) is 14.8. The maximum absolute atomic E-state index is 13.8. The highest BCUT2D eigenvalue weighted by Gasteiger charge is 2.21. The number of nitrogens with one attached hydrogen (secondary N) is 1. The van der Waals surface area contributed by atoms with E-state index in [2.05, 4.69) is 29.0 Å². The number of hydrogen-bond donors (Lipinski definition) is 1. The van der Waals surface area contributed by atoms with Crippen molar-refractivity contribution in [2.75, 3.05) is 37.7 Å². The Kier molecular flexibility index (Phi) is 8.30. The maximum Gasteiger partial charge on any atom is 0.251 e. The molecule has 0 saturated carbocycles. The molecule has 36 heavy (non-hydrogen) atoms. The van der Waals surface area contributed by atoms with Gasteiger partial charge in [0, 0.05) is 36.8 Å². The van der Waals surface area contributed by atoms with Crippen LogP contribution in [0.5, 0.6) is 5.75 Å². The lowest BCUT2D eigenvalue weighted by Gasteiger charge is -2.28. The van der Waals surface area contributed by atoms with Gasteiger partial charge in [-0.1, -0.05) is 13.8 Å². The molecule has 1 amide bonds. The summed E-state index contributed by atoms with van der Waals surface area (Å²) in [5, 5.41) is 2.97. The van der Waals surface area contributed by atoms with Crippen molar-refractivity contribution in [2.45, 2.75) is 39.7 Å². The van der Waals surface area contributed by atoms with Crippen LogP contribution in [0.1, 0.15) is 55.6 Å². The highest BCUT2D eigenvalue weighted by Crippen LogP contribution is 2.30. The minimum atomic E-state index is -0.992. The van der Waals surface area contributed by atoms with Crippen molar-refractivity contribution in [3.05, 3.63) is 59.3 Å². The lowest BCUT2D eigenvalue weighted by molar-refractivity contribution is 0.0952. The molecule has 7 nitrogen and oxygen atoms in total. The van der Waals surface area contributed by atoms with Crippen LogP contribution in [0.4, 0.5) is 14.6 Å². The van der Waals surface area contributed by atoms with Crippen molar-refractivity contribution >= 4 is 22.8 Å². The Labute approximate surface area is 209 Å². The molecular formula is C27H32F2N4O3. The number of morpholine rings is 1. The van der Waals surface area contributed by atoms with Crippen molar-refractivity contribution in [1.29, 1.82) is 0 Å². The Morgan fingerprint density at radius 3 is 2.64 bits per heavy atom. The van der Waals surface area contributed by atoms with Crippen LogP contribution in [-0.2, 0) is 4.74 Å². The van der Waals surface area contributed by atoms with Crippen LogP contribution in [0.2, 0.25) is 0 Å². The fourth-order valence-electron chi connectivity index (χ4n) is 4.15. The average molecular weight is 499 g/mol. The first-order chi connectivity index (χ1) is 17.3. The first-order valence-corrected chi connectivity index (χ1v) is 12.3. The molecule has 1 N–H and O–H groups in total. The summed E-state index contributed by atoms with van der Waals surface area (Å²) in [6, 6.07) is 6.85. The van der Waals surface area contributed by atoms with Gasteiger partial charge in [0.15, 0.2) is 11.6 Å². The first-order valence-electron chi connectivity index (χ1n) is 12.3. The zero-order chi connectivity index (χ0) is 25.7. The molecule has 0 aliphatic carbocycles. The standard InChI is InChI=1S/C27H32F2N4O3/c1-17(2)5-4-8-30-27(34)19-13-21(18(3)36-20-6-7-22(28)23(29)15-20)26-24(14-19)31-16-25(32-26)33-9-11-35-12-10-33/h6-7,13-18H,4-5,8-12H2,1-3H3,(H,30,34). The second-order valence-corrected chi connectivity index (χ2v) is 9.39. The minimum Gasteiger partial charge on any atom is -0.486 e. The van der Waals surface area contributed by atoms with Gasteiger partial charge in [-0.05, 0) is 49.9 Å². The molecule has 1 aliphatic rings. The maximum atomic E-state index is 13.8. The van der Waals surface area contributed by atoms with E-state index in [1.165, 1.54) is 6.07 Å². The lowest BCUT2D eigenvalue weighted by Crippen LogP contribution is -2.36. The Hall–Kier alpha value is -3.33. The SMILES string of the molecule is CC(C)CCCNC(=O)c1cc(C(C)Oc2ccc(F)c(F)c2)c2nc(N3CCOCC3)cnc2c1. The highest BCUT2D eigenvalue weighted by molar-refractivity contribution is 5.98. The van der Waals surface area contributed by atoms with Crippen LogP contribution in [0.3, 0.4) is 0 Å². The van der Waals surface area contributed by atoms with Crippen molar-refractivity contribution in [1.82, 2.24) is 15.3 Å². The van der Waals surface area contributed by atoms with Crippen LogP contribution in [-0.4, -0.2) is 48.7 Å².